The zero-order valence-corrected chi connectivity index (χ0v) is 21.1. The van der Waals surface area contributed by atoms with E-state index in [-0.39, 0.29) is 42.2 Å². The lowest BCUT2D eigenvalue weighted by Crippen LogP contribution is -2.51. The summed E-state index contributed by atoms with van der Waals surface area (Å²) < 4.78 is 88.9. The fourth-order valence-corrected chi connectivity index (χ4v) is 6.56. The maximum atomic E-state index is 15.7. The van der Waals surface area contributed by atoms with Crippen LogP contribution in [0.5, 0.6) is 0 Å². The van der Waals surface area contributed by atoms with Crippen LogP contribution in [0, 0.1) is 28.3 Å². The third kappa shape index (κ3) is 4.88. The SMILES string of the molecule is COCC1(C(=O)N2CC3(CC3)[C@H](NS(=O)(=O)CF)[C@@H]2Cc2cccc(-c3cc(F)cc(F)c3)c2F)CC1. The van der Waals surface area contributed by atoms with E-state index in [1.54, 1.807) is 11.0 Å². The Balaban J connectivity index is 1.53. The monoisotopic (exact) mass is 540 g/mol. The molecule has 3 fully saturated rings. The van der Waals surface area contributed by atoms with E-state index in [9.17, 15) is 26.4 Å². The van der Waals surface area contributed by atoms with Crippen LogP contribution in [0.2, 0.25) is 0 Å². The van der Waals surface area contributed by atoms with Crippen LogP contribution in [0.15, 0.2) is 36.4 Å². The van der Waals surface area contributed by atoms with Crippen molar-refractivity contribution in [1.29, 1.82) is 0 Å². The third-order valence-electron chi connectivity index (χ3n) is 7.94. The number of halogens is 4. The average Bonchev–Trinajstić information content (AvgIpc) is 3.76. The lowest BCUT2D eigenvalue weighted by Gasteiger charge is -2.32. The Kier molecular flexibility index (Phi) is 6.60. The highest BCUT2D eigenvalue weighted by molar-refractivity contribution is 7.89. The molecule has 2 aromatic carbocycles. The number of carbonyl (C=O) groups is 1. The van der Waals surface area contributed by atoms with Gasteiger partial charge in [0.2, 0.25) is 21.9 Å². The fraction of sp³-hybridized carbons (Fsp3) is 0.500. The Bertz CT molecular complexity index is 1310. The summed E-state index contributed by atoms with van der Waals surface area (Å²) in [6.07, 6.45) is 2.50. The molecule has 0 aromatic heterocycles. The van der Waals surface area contributed by atoms with Crippen molar-refractivity contribution >= 4 is 15.9 Å². The minimum Gasteiger partial charge on any atom is -0.384 e. The zero-order chi connectivity index (χ0) is 26.6. The molecule has 1 N–H and O–H groups in total. The van der Waals surface area contributed by atoms with E-state index < -0.39 is 56.4 Å². The second kappa shape index (κ2) is 9.36. The summed E-state index contributed by atoms with van der Waals surface area (Å²) in [5.74, 6) is -2.61. The van der Waals surface area contributed by atoms with E-state index in [0.29, 0.717) is 31.7 Å². The van der Waals surface area contributed by atoms with Crippen LogP contribution >= 0.6 is 0 Å². The van der Waals surface area contributed by atoms with Gasteiger partial charge in [-0.05, 0) is 55.4 Å². The number of methoxy groups -OCH3 is 1. The van der Waals surface area contributed by atoms with E-state index in [1.165, 1.54) is 19.2 Å². The molecule has 6 nitrogen and oxygen atoms in total. The second-order valence-electron chi connectivity index (χ2n) is 10.5. The number of hydrogen-bond acceptors (Lipinski definition) is 4. The number of hydrogen-bond donors (Lipinski definition) is 1. The van der Waals surface area contributed by atoms with E-state index in [4.69, 9.17) is 4.74 Å². The molecule has 11 heteroatoms. The standard InChI is InChI=1S/C26H28F4N2O4S/c1-36-14-26(7-8-26)24(33)32-13-25(5-6-25)23(31-37(34,35)15-27)21(32)11-16-3-2-4-20(22(16)30)17-9-18(28)12-19(29)10-17/h2-4,9-10,12,21,23,31H,5-8,11,13-15H2,1H3/t21-,23+/m0/s1. The molecule has 37 heavy (non-hydrogen) atoms. The zero-order valence-electron chi connectivity index (χ0n) is 20.3. The Morgan fingerprint density at radius 3 is 2.35 bits per heavy atom. The largest absolute Gasteiger partial charge is 0.384 e. The first-order valence-corrected chi connectivity index (χ1v) is 13.8. The number of carbonyl (C=O) groups excluding carboxylic acids is 1. The number of alkyl halides is 1. The molecule has 1 spiro atoms. The molecule has 2 atom stereocenters. The summed E-state index contributed by atoms with van der Waals surface area (Å²) >= 11 is 0. The highest BCUT2D eigenvalue weighted by Gasteiger charge is 2.64. The summed E-state index contributed by atoms with van der Waals surface area (Å²) in [5.41, 5.74) is -1.10. The lowest BCUT2D eigenvalue weighted by atomic mass is 9.91. The van der Waals surface area contributed by atoms with Gasteiger partial charge in [-0.25, -0.2) is 30.7 Å². The number of amides is 1. The molecule has 1 heterocycles. The van der Waals surface area contributed by atoms with E-state index >= 15 is 4.39 Å². The number of nitrogens with one attached hydrogen (secondary N) is 1. The molecule has 3 aliphatic rings. The molecule has 200 valence electrons. The molecule has 0 bridgehead atoms. The topological polar surface area (TPSA) is 75.7 Å². The van der Waals surface area contributed by atoms with Crippen molar-refractivity contribution in [2.75, 3.05) is 26.3 Å². The molecular weight excluding hydrogens is 512 g/mol. The molecule has 1 saturated heterocycles. The molecule has 5 rings (SSSR count). The Hall–Kier alpha value is -2.50. The lowest BCUT2D eigenvalue weighted by molar-refractivity contribution is -0.140. The van der Waals surface area contributed by atoms with Gasteiger partial charge in [0.15, 0.2) is 0 Å². The molecule has 1 aliphatic heterocycles. The quantitative estimate of drug-likeness (QED) is 0.489. The van der Waals surface area contributed by atoms with Gasteiger partial charge in [-0.1, -0.05) is 18.2 Å². The minimum absolute atomic E-state index is 0.0153. The molecule has 0 radical (unpaired) electrons. The number of likely N-dealkylation sites (tertiary alicyclic amines) is 1. The van der Waals surface area contributed by atoms with Crippen LogP contribution in [-0.2, 0) is 26.0 Å². The number of nitrogens with zero attached hydrogens (tertiary/aromatic N) is 1. The first kappa shape index (κ1) is 26.1. The maximum Gasteiger partial charge on any atom is 0.241 e. The summed E-state index contributed by atoms with van der Waals surface area (Å²) in [6, 6.07) is 3.99. The number of benzene rings is 2. The highest BCUT2D eigenvalue weighted by atomic mass is 32.2. The van der Waals surface area contributed by atoms with Gasteiger partial charge in [-0.15, -0.1) is 0 Å². The second-order valence-corrected chi connectivity index (χ2v) is 12.2. The molecule has 2 aromatic rings. The summed E-state index contributed by atoms with van der Waals surface area (Å²) in [5, 5.41) is 0. The van der Waals surface area contributed by atoms with Crippen LogP contribution in [0.1, 0.15) is 31.2 Å². The Labute approximate surface area is 213 Å². The van der Waals surface area contributed by atoms with E-state index in [2.05, 4.69) is 4.72 Å². The molecule has 2 saturated carbocycles. The number of sulfonamides is 1. The van der Waals surface area contributed by atoms with Gasteiger partial charge in [0.1, 0.15) is 17.5 Å². The smallest absolute Gasteiger partial charge is 0.241 e. The summed E-state index contributed by atoms with van der Waals surface area (Å²) in [6.45, 7) is 0.496. The molecule has 0 unspecified atom stereocenters. The predicted molar refractivity (Wildman–Crippen MR) is 128 cm³/mol. The first-order valence-electron chi connectivity index (χ1n) is 12.1. The summed E-state index contributed by atoms with van der Waals surface area (Å²) in [7, 11) is -2.76. The average molecular weight is 541 g/mol. The van der Waals surface area contributed by atoms with Gasteiger partial charge in [-0.3, -0.25) is 4.79 Å². The van der Waals surface area contributed by atoms with Crippen LogP contribution < -0.4 is 4.72 Å². The normalized spacial score (nSPS) is 23.4. The Morgan fingerprint density at radius 1 is 1.11 bits per heavy atom. The van der Waals surface area contributed by atoms with Gasteiger partial charge in [-0.2, -0.15) is 0 Å². The molecule has 2 aliphatic carbocycles. The molecule has 1 amide bonds. The van der Waals surface area contributed by atoms with Crippen LogP contribution in [0.25, 0.3) is 11.1 Å². The van der Waals surface area contributed by atoms with Crippen molar-refractivity contribution in [3.8, 4) is 11.1 Å². The van der Waals surface area contributed by atoms with Gasteiger partial charge >= 0.3 is 0 Å². The Morgan fingerprint density at radius 2 is 1.78 bits per heavy atom. The number of ether oxygens (including phenoxy) is 1. The van der Waals surface area contributed by atoms with Crippen molar-refractivity contribution in [3.05, 3.63) is 59.4 Å². The van der Waals surface area contributed by atoms with Gasteiger partial charge < -0.3 is 9.64 Å². The van der Waals surface area contributed by atoms with Gasteiger partial charge in [0.05, 0.1) is 18.1 Å². The first-order chi connectivity index (χ1) is 17.5. The van der Waals surface area contributed by atoms with E-state index in [0.717, 1.165) is 12.1 Å². The summed E-state index contributed by atoms with van der Waals surface area (Å²) in [4.78, 5) is 15.3. The van der Waals surface area contributed by atoms with Gasteiger partial charge in [0.25, 0.3) is 0 Å². The van der Waals surface area contributed by atoms with Crippen molar-refractivity contribution in [1.82, 2.24) is 9.62 Å². The maximum absolute atomic E-state index is 15.7. The van der Waals surface area contributed by atoms with Gasteiger partial charge in [0, 0.05) is 36.7 Å². The van der Waals surface area contributed by atoms with Crippen LogP contribution in [0.3, 0.4) is 0 Å². The predicted octanol–water partition coefficient (Wildman–Crippen LogP) is 3.95. The minimum atomic E-state index is -4.27. The van der Waals surface area contributed by atoms with Crippen LogP contribution in [-0.4, -0.2) is 57.6 Å². The highest BCUT2D eigenvalue weighted by Crippen LogP contribution is 2.58. The van der Waals surface area contributed by atoms with E-state index in [1.807, 2.05) is 0 Å². The van der Waals surface area contributed by atoms with Crippen LogP contribution in [0.4, 0.5) is 17.6 Å². The van der Waals surface area contributed by atoms with Crippen molar-refractivity contribution < 1.29 is 35.5 Å². The molecular formula is C26H28F4N2O4S. The van der Waals surface area contributed by atoms with Crippen molar-refractivity contribution in [2.45, 2.75) is 44.2 Å². The van der Waals surface area contributed by atoms with Crippen molar-refractivity contribution in [3.63, 3.8) is 0 Å². The third-order valence-corrected chi connectivity index (χ3v) is 8.84. The fourth-order valence-electron chi connectivity index (χ4n) is 5.70. The number of rotatable bonds is 9. The van der Waals surface area contributed by atoms with Crippen molar-refractivity contribution in [2.24, 2.45) is 10.8 Å².